The van der Waals surface area contributed by atoms with Gasteiger partial charge in [-0.3, -0.25) is 0 Å². The Bertz CT molecular complexity index is 149. The molecule has 0 unspecified atom stereocenters. The molecule has 0 aromatic rings. The van der Waals surface area contributed by atoms with Crippen molar-refractivity contribution in [1.82, 2.24) is 0 Å². The normalized spacial score (nSPS) is 11.1. The van der Waals surface area contributed by atoms with E-state index in [2.05, 4.69) is 17.5 Å². The van der Waals surface area contributed by atoms with Gasteiger partial charge < -0.3 is 4.84 Å². The number of nitrogens with two attached hydrogens (primary N) is 1. The van der Waals surface area contributed by atoms with Gasteiger partial charge in [0, 0.05) is 0 Å². The maximum absolute atomic E-state index is 4.99. The highest BCUT2D eigenvalue weighted by Gasteiger charge is 1.94. The van der Waals surface area contributed by atoms with Crippen LogP contribution < -0.4 is 5.90 Å². The van der Waals surface area contributed by atoms with E-state index in [1.54, 1.807) is 0 Å². The van der Waals surface area contributed by atoms with Gasteiger partial charge in [-0.2, -0.15) is 12.6 Å². The monoisotopic (exact) mass is 303 g/mol. The number of thiol groups is 1. The number of hydrogen-bond acceptors (Lipinski definition) is 3. The molecule has 0 aliphatic heterocycles. The Labute approximate surface area is 132 Å². The van der Waals surface area contributed by atoms with Gasteiger partial charge in [0.05, 0.1) is 6.61 Å². The first-order valence-electron chi connectivity index (χ1n) is 8.84. The van der Waals surface area contributed by atoms with Crippen LogP contribution >= 0.6 is 12.6 Å². The SMILES string of the molecule is NOCCCCCCCCCCCCCCCCCS. The fraction of sp³-hybridized carbons (Fsp3) is 1.00. The van der Waals surface area contributed by atoms with Gasteiger partial charge in [-0.15, -0.1) is 0 Å². The van der Waals surface area contributed by atoms with Gasteiger partial charge >= 0.3 is 0 Å². The summed E-state index contributed by atoms with van der Waals surface area (Å²) in [6.45, 7) is 0.717. The predicted octanol–water partition coefficient (Wildman–Crippen LogP) is 5.66. The molecule has 3 heteroatoms. The Morgan fingerprint density at radius 3 is 1.10 bits per heavy atom. The minimum atomic E-state index is 0.717. The molecule has 0 saturated heterocycles. The summed E-state index contributed by atoms with van der Waals surface area (Å²) < 4.78 is 0. The Kier molecular flexibility index (Phi) is 19.5. The molecule has 0 spiro atoms. The topological polar surface area (TPSA) is 35.2 Å². The van der Waals surface area contributed by atoms with Crippen LogP contribution in [0.4, 0.5) is 0 Å². The maximum atomic E-state index is 4.99. The summed E-state index contributed by atoms with van der Waals surface area (Å²) in [6.07, 6.45) is 20.7. The summed E-state index contributed by atoms with van der Waals surface area (Å²) in [6, 6.07) is 0. The molecule has 20 heavy (non-hydrogen) atoms. The van der Waals surface area contributed by atoms with Crippen molar-refractivity contribution in [3.8, 4) is 0 Å². The molecule has 0 heterocycles. The Morgan fingerprint density at radius 1 is 0.500 bits per heavy atom. The van der Waals surface area contributed by atoms with Crippen LogP contribution in [0.25, 0.3) is 0 Å². The Morgan fingerprint density at radius 2 is 0.800 bits per heavy atom. The zero-order valence-electron chi connectivity index (χ0n) is 13.5. The third-order valence-electron chi connectivity index (χ3n) is 3.92. The lowest BCUT2D eigenvalue weighted by molar-refractivity contribution is 0.133. The van der Waals surface area contributed by atoms with Crippen molar-refractivity contribution in [2.75, 3.05) is 12.4 Å². The first-order chi connectivity index (χ1) is 9.91. The van der Waals surface area contributed by atoms with E-state index in [0.717, 1.165) is 12.2 Å². The van der Waals surface area contributed by atoms with Crippen molar-refractivity contribution >= 4 is 12.6 Å². The lowest BCUT2D eigenvalue weighted by atomic mass is 10.0. The van der Waals surface area contributed by atoms with E-state index in [9.17, 15) is 0 Å². The van der Waals surface area contributed by atoms with Crippen molar-refractivity contribution in [1.29, 1.82) is 0 Å². The minimum absolute atomic E-state index is 0.717. The second-order valence-corrected chi connectivity index (χ2v) is 6.34. The third-order valence-corrected chi connectivity index (χ3v) is 4.24. The van der Waals surface area contributed by atoms with Gasteiger partial charge in [-0.05, 0) is 18.6 Å². The van der Waals surface area contributed by atoms with Crippen LogP contribution in [0.3, 0.4) is 0 Å². The van der Waals surface area contributed by atoms with E-state index in [4.69, 9.17) is 5.90 Å². The van der Waals surface area contributed by atoms with Crippen LogP contribution in [-0.2, 0) is 4.84 Å². The van der Waals surface area contributed by atoms with E-state index in [1.807, 2.05) is 0 Å². The summed E-state index contributed by atoms with van der Waals surface area (Å²) >= 11 is 4.24. The van der Waals surface area contributed by atoms with Gasteiger partial charge in [-0.25, -0.2) is 5.90 Å². The highest BCUT2D eigenvalue weighted by Crippen LogP contribution is 2.13. The summed E-state index contributed by atoms with van der Waals surface area (Å²) in [4.78, 5) is 4.56. The molecule has 0 aromatic carbocycles. The molecule has 0 amide bonds. The van der Waals surface area contributed by atoms with Crippen molar-refractivity contribution in [3.05, 3.63) is 0 Å². The van der Waals surface area contributed by atoms with Crippen LogP contribution in [0.15, 0.2) is 0 Å². The molecule has 2 N–H and O–H groups in total. The van der Waals surface area contributed by atoms with Crippen molar-refractivity contribution in [2.45, 2.75) is 96.3 Å². The lowest BCUT2D eigenvalue weighted by Gasteiger charge is -2.03. The molecule has 0 aromatic heterocycles. The van der Waals surface area contributed by atoms with Crippen molar-refractivity contribution in [3.63, 3.8) is 0 Å². The molecule has 0 radical (unpaired) electrons. The Hall–Kier alpha value is 0.270. The molecule has 2 nitrogen and oxygen atoms in total. The summed E-state index contributed by atoms with van der Waals surface area (Å²) in [5.74, 6) is 6.04. The van der Waals surface area contributed by atoms with Gasteiger partial charge in [0.2, 0.25) is 0 Å². The second-order valence-electron chi connectivity index (χ2n) is 5.90. The van der Waals surface area contributed by atoms with Crippen LogP contribution in [-0.4, -0.2) is 12.4 Å². The minimum Gasteiger partial charge on any atom is -0.305 e. The van der Waals surface area contributed by atoms with Crippen LogP contribution in [0.1, 0.15) is 96.3 Å². The number of unbranched alkanes of at least 4 members (excludes halogenated alkanes) is 14. The predicted molar refractivity (Wildman–Crippen MR) is 93.2 cm³/mol. The largest absolute Gasteiger partial charge is 0.305 e. The third kappa shape index (κ3) is 18.3. The van der Waals surface area contributed by atoms with E-state index >= 15 is 0 Å². The average Bonchev–Trinajstić information content (AvgIpc) is 2.47. The smallest absolute Gasteiger partial charge is 0.0679 e. The van der Waals surface area contributed by atoms with Crippen LogP contribution in [0.5, 0.6) is 0 Å². The summed E-state index contributed by atoms with van der Waals surface area (Å²) in [5, 5.41) is 0. The molecular formula is C17H37NOS. The standard InChI is InChI=1S/C17H37NOS/c18-19-16-14-12-10-8-6-4-2-1-3-5-7-9-11-13-15-17-20/h20H,1-18H2. The Balaban J connectivity index is 2.89. The van der Waals surface area contributed by atoms with Crippen molar-refractivity contribution < 1.29 is 4.84 Å². The van der Waals surface area contributed by atoms with Crippen LogP contribution in [0.2, 0.25) is 0 Å². The van der Waals surface area contributed by atoms with Crippen LogP contribution in [0, 0.1) is 0 Å². The van der Waals surface area contributed by atoms with E-state index in [1.165, 1.54) is 89.9 Å². The molecular weight excluding hydrogens is 266 g/mol. The van der Waals surface area contributed by atoms with Crippen molar-refractivity contribution in [2.24, 2.45) is 5.90 Å². The van der Waals surface area contributed by atoms with Gasteiger partial charge in [0.25, 0.3) is 0 Å². The zero-order chi connectivity index (χ0) is 14.7. The fourth-order valence-electron chi connectivity index (χ4n) is 2.60. The summed E-state index contributed by atoms with van der Waals surface area (Å²) in [5.41, 5.74) is 0. The summed E-state index contributed by atoms with van der Waals surface area (Å²) in [7, 11) is 0. The zero-order valence-corrected chi connectivity index (χ0v) is 14.3. The van der Waals surface area contributed by atoms with Gasteiger partial charge in [0.1, 0.15) is 0 Å². The molecule has 0 rings (SSSR count). The average molecular weight is 304 g/mol. The first kappa shape index (κ1) is 20.3. The van der Waals surface area contributed by atoms with E-state index < -0.39 is 0 Å². The molecule has 0 aliphatic carbocycles. The number of rotatable bonds is 17. The van der Waals surface area contributed by atoms with E-state index in [-0.39, 0.29) is 0 Å². The molecule has 0 atom stereocenters. The molecule has 0 bridgehead atoms. The van der Waals surface area contributed by atoms with Gasteiger partial charge in [0.15, 0.2) is 0 Å². The highest BCUT2D eigenvalue weighted by atomic mass is 32.1. The molecule has 0 fully saturated rings. The first-order valence-corrected chi connectivity index (χ1v) is 9.47. The van der Waals surface area contributed by atoms with Gasteiger partial charge in [-0.1, -0.05) is 83.5 Å². The lowest BCUT2D eigenvalue weighted by Crippen LogP contribution is -2.00. The number of hydrogen-bond donors (Lipinski definition) is 2. The molecule has 0 saturated carbocycles. The molecule has 122 valence electrons. The second kappa shape index (κ2) is 19.3. The molecule has 0 aliphatic rings. The fourth-order valence-corrected chi connectivity index (χ4v) is 2.82. The quantitative estimate of drug-likeness (QED) is 0.207. The maximum Gasteiger partial charge on any atom is 0.0679 e. The van der Waals surface area contributed by atoms with E-state index in [0.29, 0.717) is 6.61 Å². The highest BCUT2D eigenvalue weighted by molar-refractivity contribution is 7.80.